The topological polar surface area (TPSA) is 72.0 Å². The van der Waals surface area contributed by atoms with Crippen molar-refractivity contribution in [1.82, 2.24) is 9.97 Å². The fourth-order valence-corrected chi connectivity index (χ4v) is 3.53. The number of aromatic nitrogens is 2. The minimum atomic E-state index is -0.742. The third kappa shape index (κ3) is 1.79. The summed E-state index contributed by atoms with van der Waals surface area (Å²) in [5, 5.41) is 11.4. The van der Waals surface area contributed by atoms with E-state index in [9.17, 15) is 5.11 Å². The van der Waals surface area contributed by atoms with Gasteiger partial charge in [0.1, 0.15) is 16.4 Å². The maximum absolute atomic E-state index is 10.6. The van der Waals surface area contributed by atoms with Gasteiger partial charge >= 0.3 is 0 Å². The summed E-state index contributed by atoms with van der Waals surface area (Å²) in [6, 6.07) is 1.85. The van der Waals surface area contributed by atoms with Crippen molar-refractivity contribution < 1.29 is 5.11 Å². The highest BCUT2D eigenvalue weighted by atomic mass is 32.1. The molecule has 1 aliphatic carbocycles. The molecule has 1 fully saturated rings. The second-order valence-electron chi connectivity index (χ2n) is 4.66. The average Bonchev–Trinajstić information content (AvgIpc) is 2.76. The summed E-state index contributed by atoms with van der Waals surface area (Å²) in [7, 11) is 0. The Morgan fingerprint density at radius 2 is 2.06 bits per heavy atom. The van der Waals surface area contributed by atoms with E-state index in [1.54, 1.807) is 6.20 Å². The number of hydrogen-bond acceptors (Lipinski definition) is 5. The largest absolute Gasteiger partial charge is 0.383 e. The number of anilines is 1. The summed E-state index contributed by atoms with van der Waals surface area (Å²) in [6.45, 7) is 0. The molecule has 1 aliphatic rings. The zero-order valence-electron chi connectivity index (χ0n) is 9.52. The van der Waals surface area contributed by atoms with Gasteiger partial charge in [-0.2, -0.15) is 0 Å². The van der Waals surface area contributed by atoms with Crippen LogP contribution in [0.25, 0.3) is 10.2 Å². The Labute approximate surface area is 104 Å². The summed E-state index contributed by atoms with van der Waals surface area (Å²) in [5.41, 5.74) is 5.92. The predicted molar refractivity (Wildman–Crippen MR) is 68.8 cm³/mol. The second-order valence-corrected chi connectivity index (χ2v) is 5.65. The highest BCUT2D eigenvalue weighted by Crippen LogP contribution is 2.40. The van der Waals surface area contributed by atoms with Crippen molar-refractivity contribution >= 4 is 27.4 Å². The van der Waals surface area contributed by atoms with Gasteiger partial charge in [-0.25, -0.2) is 9.97 Å². The lowest BCUT2D eigenvalue weighted by Gasteiger charge is -2.29. The first-order chi connectivity index (χ1) is 8.19. The Hall–Kier alpha value is -1.20. The summed E-state index contributed by atoms with van der Waals surface area (Å²) >= 11 is 1.48. The summed E-state index contributed by atoms with van der Waals surface area (Å²) in [4.78, 5) is 8.57. The molecule has 1 saturated carbocycles. The van der Waals surface area contributed by atoms with E-state index in [-0.39, 0.29) is 0 Å². The first kappa shape index (κ1) is 10.9. The number of nitrogens with zero attached hydrogens (tertiary/aromatic N) is 2. The fourth-order valence-electron chi connectivity index (χ4n) is 2.42. The van der Waals surface area contributed by atoms with E-state index in [1.807, 2.05) is 6.07 Å². The number of thiazole rings is 1. The normalized spacial score (nSPS) is 19.6. The molecule has 0 aliphatic heterocycles. The van der Waals surface area contributed by atoms with Crippen LogP contribution in [0.1, 0.15) is 37.1 Å². The number of hydrogen-bond donors (Lipinski definition) is 2. The van der Waals surface area contributed by atoms with Crippen LogP contribution in [0.5, 0.6) is 0 Å². The number of nitrogens with two attached hydrogens (primary N) is 1. The zero-order chi connectivity index (χ0) is 11.9. The molecule has 0 unspecified atom stereocenters. The zero-order valence-corrected chi connectivity index (χ0v) is 10.3. The van der Waals surface area contributed by atoms with Gasteiger partial charge < -0.3 is 10.8 Å². The highest BCUT2D eigenvalue weighted by molar-refractivity contribution is 7.19. The Bertz CT molecular complexity index is 546. The molecule has 0 radical (unpaired) electrons. The molecule has 90 valence electrons. The van der Waals surface area contributed by atoms with Gasteiger partial charge in [0.25, 0.3) is 0 Å². The van der Waals surface area contributed by atoms with Crippen molar-refractivity contribution in [2.45, 2.75) is 37.7 Å². The Balaban J connectivity index is 2.08. The molecule has 0 saturated heterocycles. The van der Waals surface area contributed by atoms with Crippen molar-refractivity contribution in [1.29, 1.82) is 0 Å². The lowest BCUT2D eigenvalue weighted by Crippen LogP contribution is -2.28. The summed E-state index contributed by atoms with van der Waals surface area (Å²) in [6.07, 6.45) is 6.61. The van der Waals surface area contributed by atoms with Crippen molar-refractivity contribution in [3.05, 3.63) is 17.3 Å². The monoisotopic (exact) mass is 249 g/mol. The summed E-state index contributed by atoms with van der Waals surface area (Å²) < 4.78 is 0.890. The van der Waals surface area contributed by atoms with Crippen molar-refractivity contribution in [2.24, 2.45) is 0 Å². The van der Waals surface area contributed by atoms with Crippen LogP contribution >= 0.6 is 11.3 Å². The molecule has 3 rings (SSSR count). The third-order valence-electron chi connectivity index (χ3n) is 3.41. The lowest BCUT2D eigenvalue weighted by atomic mass is 9.85. The van der Waals surface area contributed by atoms with Crippen molar-refractivity contribution in [3.63, 3.8) is 0 Å². The smallest absolute Gasteiger partial charge is 0.143 e. The van der Waals surface area contributed by atoms with Crippen LogP contribution in [0.4, 0.5) is 5.82 Å². The molecule has 2 aromatic heterocycles. The van der Waals surface area contributed by atoms with Crippen LogP contribution in [0, 0.1) is 0 Å². The van der Waals surface area contributed by atoms with E-state index in [2.05, 4.69) is 9.97 Å². The standard InChI is InChI=1S/C12H15N3OS/c13-10-9-8(4-7-14-10)15-11(17-9)12(16)5-2-1-3-6-12/h4,7,16H,1-3,5-6H2,(H2,13,14). The highest BCUT2D eigenvalue weighted by Gasteiger charge is 2.34. The molecule has 2 heterocycles. The van der Waals surface area contributed by atoms with Gasteiger partial charge in [-0.1, -0.05) is 19.3 Å². The fraction of sp³-hybridized carbons (Fsp3) is 0.500. The van der Waals surface area contributed by atoms with Crippen LogP contribution in [-0.2, 0) is 5.60 Å². The molecule has 0 amide bonds. The van der Waals surface area contributed by atoms with Gasteiger partial charge in [0.15, 0.2) is 0 Å². The maximum Gasteiger partial charge on any atom is 0.143 e. The van der Waals surface area contributed by atoms with Crippen LogP contribution < -0.4 is 5.73 Å². The van der Waals surface area contributed by atoms with E-state index in [4.69, 9.17) is 5.73 Å². The maximum atomic E-state index is 10.6. The number of aliphatic hydroxyl groups is 1. The van der Waals surface area contributed by atoms with Gasteiger partial charge in [0.05, 0.1) is 10.2 Å². The number of nitrogen functional groups attached to an aromatic ring is 1. The van der Waals surface area contributed by atoms with Gasteiger partial charge in [0.2, 0.25) is 0 Å². The van der Waals surface area contributed by atoms with Crippen molar-refractivity contribution in [2.75, 3.05) is 5.73 Å². The predicted octanol–water partition coefficient (Wildman–Crippen LogP) is 2.43. The van der Waals surface area contributed by atoms with E-state index < -0.39 is 5.60 Å². The second kappa shape index (κ2) is 3.92. The summed E-state index contributed by atoms with van der Waals surface area (Å²) in [5.74, 6) is 0.505. The van der Waals surface area contributed by atoms with E-state index in [1.165, 1.54) is 17.8 Å². The van der Waals surface area contributed by atoms with Crippen molar-refractivity contribution in [3.8, 4) is 0 Å². The van der Waals surface area contributed by atoms with Crippen LogP contribution in [0.15, 0.2) is 12.3 Å². The number of pyridine rings is 1. The van der Waals surface area contributed by atoms with Crippen LogP contribution in [0.3, 0.4) is 0 Å². The Morgan fingerprint density at radius 1 is 1.29 bits per heavy atom. The molecule has 17 heavy (non-hydrogen) atoms. The van der Waals surface area contributed by atoms with Gasteiger partial charge in [-0.3, -0.25) is 0 Å². The molecule has 0 atom stereocenters. The Kier molecular flexibility index (Phi) is 2.52. The molecule has 3 N–H and O–H groups in total. The van der Waals surface area contributed by atoms with Gasteiger partial charge in [-0.15, -0.1) is 11.3 Å². The number of fused-ring (bicyclic) bond motifs is 1. The van der Waals surface area contributed by atoms with Gasteiger partial charge in [-0.05, 0) is 18.9 Å². The average molecular weight is 249 g/mol. The van der Waals surface area contributed by atoms with E-state index >= 15 is 0 Å². The lowest BCUT2D eigenvalue weighted by molar-refractivity contribution is -0.000627. The van der Waals surface area contributed by atoms with E-state index in [0.29, 0.717) is 5.82 Å². The van der Waals surface area contributed by atoms with E-state index in [0.717, 1.165) is 40.9 Å². The molecular formula is C12H15N3OS. The minimum absolute atomic E-state index is 0.505. The quantitative estimate of drug-likeness (QED) is 0.814. The first-order valence-electron chi connectivity index (χ1n) is 5.93. The molecule has 2 aromatic rings. The third-order valence-corrected chi connectivity index (χ3v) is 4.70. The minimum Gasteiger partial charge on any atom is -0.383 e. The number of rotatable bonds is 1. The Morgan fingerprint density at radius 3 is 2.76 bits per heavy atom. The SMILES string of the molecule is Nc1nccc2nc(C3(O)CCCCC3)sc12. The molecule has 0 spiro atoms. The molecule has 0 bridgehead atoms. The molecule has 4 nitrogen and oxygen atoms in total. The van der Waals surface area contributed by atoms with Gasteiger partial charge in [0, 0.05) is 6.20 Å². The molecule has 0 aromatic carbocycles. The van der Waals surface area contributed by atoms with Crippen LogP contribution in [-0.4, -0.2) is 15.1 Å². The first-order valence-corrected chi connectivity index (χ1v) is 6.75. The molecule has 5 heteroatoms. The molecular weight excluding hydrogens is 234 g/mol. The van der Waals surface area contributed by atoms with Crippen LogP contribution in [0.2, 0.25) is 0 Å².